The topological polar surface area (TPSA) is 75.3 Å². The number of rotatable bonds is 5. The van der Waals surface area contributed by atoms with E-state index >= 15 is 0 Å². The van der Waals surface area contributed by atoms with Gasteiger partial charge in [-0.1, -0.05) is 15.9 Å². The summed E-state index contributed by atoms with van der Waals surface area (Å²) >= 11 is 3.33. The number of anilines is 1. The van der Waals surface area contributed by atoms with E-state index in [2.05, 4.69) is 21.2 Å². The predicted octanol–water partition coefficient (Wildman–Crippen LogP) is 1.66. The average Bonchev–Trinajstić information content (AvgIpc) is 2.16. The van der Waals surface area contributed by atoms with Gasteiger partial charge in [-0.15, -0.1) is 0 Å². The lowest BCUT2D eigenvalue weighted by atomic mass is 10.2. The summed E-state index contributed by atoms with van der Waals surface area (Å²) in [4.78, 5) is 10.4. The van der Waals surface area contributed by atoms with Crippen LogP contribution in [0.25, 0.3) is 0 Å². The maximum Gasteiger partial charge on any atom is 0.304 e. The molecule has 0 aliphatic heterocycles. The molecule has 0 saturated carbocycles. The second-order valence-corrected chi connectivity index (χ2v) is 4.16. The number of carboxylic acids is 1. The fraction of sp³-hybridized carbons (Fsp3) is 0.300. The van der Waals surface area contributed by atoms with Gasteiger partial charge in [0.1, 0.15) is 0 Å². The summed E-state index contributed by atoms with van der Waals surface area (Å²) in [6.07, 6.45) is -0.0243. The minimum absolute atomic E-state index is 0.0243. The van der Waals surface area contributed by atoms with E-state index in [1.807, 2.05) is 24.3 Å². The lowest BCUT2D eigenvalue weighted by Crippen LogP contribution is -2.31. The van der Waals surface area contributed by atoms with Gasteiger partial charge in [0.05, 0.1) is 6.42 Å². The molecule has 1 atom stereocenters. The summed E-state index contributed by atoms with van der Waals surface area (Å²) in [6.45, 7) is 0.452. The second kappa shape index (κ2) is 5.72. The summed E-state index contributed by atoms with van der Waals surface area (Å²) in [7, 11) is 0. The summed E-state index contributed by atoms with van der Waals surface area (Å²) in [5.41, 5.74) is 6.53. The standard InChI is InChI=1S/C10H13BrN2O2/c11-7-1-3-9(4-2-7)13-6-8(12)5-10(14)15/h1-4,8,13H,5-6,12H2,(H,14,15). The summed E-state index contributed by atoms with van der Waals surface area (Å²) < 4.78 is 1.00. The Hall–Kier alpha value is -1.07. The number of carboxylic acid groups (broad SMARTS) is 1. The van der Waals surface area contributed by atoms with Crippen LogP contribution in [0.3, 0.4) is 0 Å². The molecule has 82 valence electrons. The van der Waals surface area contributed by atoms with E-state index in [1.165, 1.54) is 0 Å². The first-order chi connectivity index (χ1) is 7.08. The minimum atomic E-state index is -0.875. The number of hydrogen-bond acceptors (Lipinski definition) is 3. The van der Waals surface area contributed by atoms with Crippen molar-refractivity contribution in [2.24, 2.45) is 5.73 Å². The van der Waals surface area contributed by atoms with Crippen LogP contribution in [-0.2, 0) is 4.79 Å². The highest BCUT2D eigenvalue weighted by Crippen LogP contribution is 2.13. The molecule has 5 heteroatoms. The summed E-state index contributed by atoms with van der Waals surface area (Å²) in [6, 6.07) is 7.25. The molecule has 0 amide bonds. The quantitative estimate of drug-likeness (QED) is 0.762. The highest BCUT2D eigenvalue weighted by atomic mass is 79.9. The molecule has 0 aromatic heterocycles. The van der Waals surface area contributed by atoms with Crippen molar-refractivity contribution in [1.82, 2.24) is 0 Å². The molecule has 15 heavy (non-hydrogen) atoms. The second-order valence-electron chi connectivity index (χ2n) is 3.25. The van der Waals surface area contributed by atoms with Gasteiger partial charge >= 0.3 is 5.97 Å². The van der Waals surface area contributed by atoms with E-state index in [0.29, 0.717) is 6.54 Å². The molecule has 0 heterocycles. The fourth-order valence-electron chi connectivity index (χ4n) is 1.11. The van der Waals surface area contributed by atoms with Gasteiger partial charge in [-0.25, -0.2) is 0 Å². The van der Waals surface area contributed by atoms with Gasteiger partial charge in [0, 0.05) is 22.7 Å². The monoisotopic (exact) mass is 272 g/mol. The number of halogens is 1. The third kappa shape index (κ3) is 4.80. The van der Waals surface area contributed by atoms with Crippen molar-refractivity contribution in [3.8, 4) is 0 Å². The van der Waals surface area contributed by atoms with Crippen LogP contribution < -0.4 is 11.1 Å². The molecule has 0 saturated heterocycles. The molecule has 1 unspecified atom stereocenters. The molecule has 4 N–H and O–H groups in total. The van der Waals surface area contributed by atoms with Gasteiger partial charge in [0.2, 0.25) is 0 Å². The largest absolute Gasteiger partial charge is 0.481 e. The Kier molecular flexibility index (Phi) is 4.58. The van der Waals surface area contributed by atoms with Gasteiger partial charge < -0.3 is 16.2 Å². The number of carbonyl (C=O) groups is 1. The lowest BCUT2D eigenvalue weighted by molar-refractivity contribution is -0.137. The lowest BCUT2D eigenvalue weighted by Gasteiger charge is -2.11. The number of benzene rings is 1. The van der Waals surface area contributed by atoms with Crippen molar-refractivity contribution in [2.75, 3.05) is 11.9 Å². The van der Waals surface area contributed by atoms with Crippen molar-refractivity contribution in [3.05, 3.63) is 28.7 Å². The molecule has 0 spiro atoms. The first-order valence-corrected chi connectivity index (χ1v) is 5.34. The van der Waals surface area contributed by atoms with Crippen LogP contribution in [0, 0.1) is 0 Å². The molecular formula is C10H13BrN2O2. The normalized spacial score (nSPS) is 12.1. The Morgan fingerprint density at radius 1 is 1.47 bits per heavy atom. The average molecular weight is 273 g/mol. The van der Waals surface area contributed by atoms with Gasteiger partial charge in [0.15, 0.2) is 0 Å². The van der Waals surface area contributed by atoms with E-state index in [0.717, 1.165) is 10.2 Å². The van der Waals surface area contributed by atoms with E-state index in [4.69, 9.17) is 10.8 Å². The van der Waals surface area contributed by atoms with Gasteiger partial charge in [-0.2, -0.15) is 0 Å². The van der Waals surface area contributed by atoms with Crippen LogP contribution in [-0.4, -0.2) is 23.7 Å². The van der Waals surface area contributed by atoms with E-state index in [1.54, 1.807) is 0 Å². The zero-order valence-corrected chi connectivity index (χ0v) is 9.70. The Labute approximate surface area is 96.6 Å². The van der Waals surface area contributed by atoms with Crippen LogP contribution in [0.1, 0.15) is 6.42 Å². The summed E-state index contributed by atoms with van der Waals surface area (Å²) in [5, 5.41) is 11.6. The van der Waals surface area contributed by atoms with Crippen LogP contribution in [0.5, 0.6) is 0 Å². The number of nitrogens with one attached hydrogen (secondary N) is 1. The van der Waals surface area contributed by atoms with Crippen molar-refractivity contribution in [1.29, 1.82) is 0 Å². The predicted molar refractivity (Wildman–Crippen MR) is 62.9 cm³/mol. The maximum atomic E-state index is 10.4. The zero-order valence-electron chi connectivity index (χ0n) is 8.11. The Morgan fingerprint density at radius 2 is 2.07 bits per heavy atom. The molecule has 0 bridgehead atoms. The van der Waals surface area contributed by atoms with Crippen LogP contribution >= 0.6 is 15.9 Å². The number of aliphatic carboxylic acids is 1. The highest BCUT2D eigenvalue weighted by Gasteiger charge is 2.07. The van der Waals surface area contributed by atoms with Crippen LogP contribution in [0.2, 0.25) is 0 Å². The number of hydrogen-bond donors (Lipinski definition) is 3. The maximum absolute atomic E-state index is 10.4. The molecular weight excluding hydrogens is 260 g/mol. The Bertz CT molecular complexity index is 327. The molecule has 0 radical (unpaired) electrons. The fourth-order valence-corrected chi connectivity index (χ4v) is 1.38. The molecule has 1 rings (SSSR count). The first-order valence-electron chi connectivity index (χ1n) is 4.55. The van der Waals surface area contributed by atoms with Crippen molar-refractivity contribution in [3.63, 3.8) is 0 Å². The molecule has 0 aliphatic rings. The third-order valence-electron chi connectivity index (χ3n) is 1.85. The van der Waals surface area contributed by atoms with Gasteiger partial charge in [-0.05, 0) is 24.3 Å². The smallest absolute Gasteiger partial charge is 0.304 e. The Morgan fingerprint density at radius 3 is 2.60 bits per heavy atom. The van der Waals surface area contributed by atoms with E-state index in [-0.39, 0.29) is 12.5 Å². The Balaban J connectivity index is 2.36. The van der Waals surface area contributed by atoms with Crippen molar-refractivity contribution < 1.29 is 9.90 Å². The molecule has 0 aliphatic carbocycles. The molecule has 0 fully saturated rings. The SMILES string of the molecule is NC(CNc1ccc(Br)cc1)CC(=O)O. The van der Waals surface area contributed by atoms with E-state index < -0.39 is 5.97 Å². The van der Waals surface area contributed by atoms with Gasteiger partial charge in [-0.3, -0.25) is 4.79 Å². The first kappa shape index (κ1) is 12.0. The molecule has 1 aromatic rings. The number of nitrogens with two attached hydrogens (primary N) is 1. The third-order valence-corrected chi connectivity index (χ3v) is 2.38. The molecule has 1 aromatic carbocycles. The van der Waals surface area contributed by atoms with Crippen molar-refractivity contribution >= 4 is 27.6 Å². The van der Waals surface area contributed by atoms with Crippen LogP contribution in [0.4, 0.5) is 5.69 Å². The molecule has 4 nitrogen and oxygen atoms in total. The van der Waals surface area contributed by atoms with Crippen molar-refractivity contribution in [2.45, 2.75) is 12.5 Å². The zero-order chi connectivity index (χ0) is 11.3. The van der Waals surface area contributed by atoms with E-state index in [9.17, 15) is 4.79 Å². The summed E-state index contributed by atoms with van der Waals surface area (Å²) in [5.74, 6) is -0.875. The van der Waals surface area contributed by atoms with Crippen LogP contribution in [0.15, 0.2) is 28.7 Å². The highest BCUT2D eigenvalue weighted by molar-refractivity contribution is 9.10. The minimum Gasteiger partial charge on any atom is -0.481 e. The van der Waals surface area contributed by atoms with Gasteiger partial charge in [0.25, 0.3) is 0 Å².